The molecule has 1 aliphatic carbocycles. The number of ether oxygens (including phenoxy) is 1. The minimum absolute atomic E-state index is 0.144. The molecule has 2 rings (SSSR count). The molecule has 0 aromatic carbocycles. The second-order valence-corrected chi connectivity index (χ2v) is 6.37. The van der Waals surface area contributed by atoms with Crippen LogP contribution in [0, 0.1) is 11.8 Å². The maximum Gasteiger partial charge on any atom is 0.223 e. The number of carbonyl (C=O) groups is 1. The number of nitrogens with one attached hydrogen (secondary N) is 1. The van der Waals surface area contributed by atoms with Gasteiger partial charge in [-0.25, -0.2) is 0 Å². The maximum atomic E-state index is 12.1. The lowest BCUT2D eigenvalue weighted by Gasteiger charge is -2.34. The van der Waals surface area contributed by atoms with E-state index in [1.807, 2.05) is 0 Å². The monoisotopic (exact) mass is 280 g/mol. The van der Waals surface area contributed by atoms with Crippen LogP contribution in [0.3, 0.4) is 0 Å². The van der Waals surface area contributed by atoms with Crippen LogP contribution in [0.1, 0.15) is 33.1 Å². The van der Waals surface area contributed by atoms with E-state index in [2.05, 4.69) is 36.2 Å². The molecule has 1 heterocycles. The van der Waals surface area contributed by atoms with E-state index in [1.54, 1.807) is 0 Å². The van der Waals surface area contributed by atoms with Gasteiger partial charge >= 0.3 is 0 Å². The van der Waals surface area contributed by atoms with Crippen LogP contribution in [0.2, 0.25) is 0 Å². The molecule has 4 heteroatoms. The molecule has 0 aromatic rings. The summed E-state index contributed by atoms with van der Waals surface area (Å²) in [6, 6.07) is 0. The molecule has 0 aromatic heterocycles. The summed E-state index contributed by atoms with van der Waals surface area (Å²) >= 11 is 0. The van der Waals surface area contributed by atoms with Crippen molar-refractivity contribution in [1.29, 1.82) is 0 Å². The van der Waals surface area contributed by atoms with Crippen LogP contribution in [0.15, 0.2) is 12.2 Å². The molecular weight excluding hydrogens is 252 g/mol. The van der Waals surface area contributed by atoms with Crippen molar-refractivity contribution in [2.75, 3.05) is 32.8 Å². The lowest BCUT2D eigenvalue weighted by Crippen LogP contribution is -2.49. The molecule has 0 saturated carbocycles. The topological polar surface area (TPSA) is 41.6 Å². The van der Waals surface area contributed by atoms with E-state index in [1.165, 1.54) is 0 Å². The summed E-state index contributed by atoms with van der Waals surface area (Å²) in [7, 11) is 0. The SMILES string of the molecule is CC(C)CN1CCO[C@@H](CNC(=O)[C@@H]2CC=CCC2)C1. The quantitative estimate of drug-likeness (QED) is 0.781. The van der Waals surface area contributed by atoms with Crippen molar-refractivity contribution in [1.82, 2.24) is 10.2 Å². The Morgan fingerprint density at radius 3 is 3.00 bits per heavy atom. The largest absolute Gasteiger partial charge is 0.374 e. The number of allylic oxidation sites excluding steroid dienone is 2. The maximum absolute atomic E-state index is 12.1. The normalized spacial score (nSPS) is 27.8. The highest BCUT2D eigenvalue weighted by atomic mass is 16.5. The Morgan fingerprint density at radius 1 is 1.45 bits per heavy atom. The lowest BCUT2D eigenvalue weighted by molar-refractivity contribution is -0.126. The molecule has 0 spiro atoms. The average molecular weight is 280 g/mol. The van der Waals surface area contributed by atoms with E-state index in [-0.39, 0.29) is 17.9 Å². The summed E-state index contributed by atoms with van der Waals surface area (Å²) in [5, 5.41) is 3.07. The second kappa shape index (κ2) is 7.79. The molecule has 4 nitrogen and oxygen atoms in total. The third-order valence-corrected chi connectivity index (χ3v) is 3.99. The molecule has 1 saturated heterocycles. The molecule has 114 valence electrons. The highest BCUT2D eigenvalue weighted by Crippen LogP contribution is 2.18. The zero-order valence-corrected chi connectivity index (χ0v) is 12.8. The first kappa shape index (κ1) is 15.5. The van der Waals surface area contributed by atoms with Crippen molar-refractivity contribution in [2.24, 2.45) is 11.8 Å². The summed E-state index contributed by atoms with van der Waals surface area (Å²) < 4.78 is 5.76. The van der Waals surface area contributed by atoms with Gasteiger partial charge in [0.1, 0.15) is 0 Å². The number of nitrogens with zero attached hydrogens (tertiary/aromatic N) is 1. The highest BCUT2D eigenvalue weighted by Gasteiger charge is 2.23. The van der Waals surface area contributed by atoms with Gasteiger partial charge in [0, 0.05) is 32.1 Å². The Labute approximate surface area is 122 Å². The number of carbonyl (C=O) groups excluding carboxylic acids is 1. The summed E-state index contributed by atoms with van der Waals surface area (Å²) in [6.07, 6.45) is 7.32. The summed E-state index contributed by atoms with van der Waals surface area (Å²) in [5.74, 6) is 1.03. The van der Waals surface area contributed by atoms with Crippen LogP contribution in [0.4, 0.5) is 0 Å². The van der Waals surface area contributed by atoms with E-state index >= 15 is 0 Å². The number of hydrogen-bond acceptors (Lipinski definition) is 3. The molecule has 1 N–H and O–H groups in total. The Morgan fingerprint density at radius 2 is 2.30 bits per heavy atom. The van der Waals surface area contributed by atoms with E-state index in [9.17, 15) is 4.79 Å². The molecule has 1 fully saturated rings. The minimum Gasteiger partial charge on any atom is -0.374 e. The van der Waals surface area contributed by atoms with Crippen LogP contribution < -0.4 is 5.32 Å². The first-order valence-corrected chi connectivity index (χ1v) is 7.92. The highest BCUT2D eigenvalue weighted by molar-refractivity contribution is 5.79. The fourth-order valence-corrected chi connectivity index (χ4v) is 2.98. The Kier molecular flexibility index (Phi) is 6.05. The number of morpholine rings is 1. The Hall–Kier alpha value is -0.870. The van der Waals surface area contributed by atoms with E-state index < -0.39 is 0 Å². The van der Waals surface area contributed by atoms with E-state index in [4.69, 9.17) is 4.74 Å². The minimum atomic E-state index is 0.144. The van der Waals surface area contributed by atoms with Crippen LogP contribution in [0.5, 0.6) is 0 Å². The van der Waals surface area contributed by atoms with Gasteiger partial charge in [-0.2, -0.15) is 0 Å². The molecule has 2 aliphatic rings. The van der Waals surface area contributed by atoms with Crippen molar-refractivity contribution in [3.63, 3.8) is 0 Å². The fourth-order valence-electron chi connectivity index (χ4n) is 2.98. The molecule has 20 heavy (non-hydrogen) atoms. The molecule has 1 aliphatic heterocycles. The van der Waals surface area contributed by atoms with Gasteiger partial charge in [0.25, 0.3) is 0 Å². The third kappa shape index (κ3) is 4.91. The van der Waals surface area contributed by atoms with Gasteiger partial charge in [0.05, 0.1) is 12.7 Å². The Bertz CT molecular complexity index is 341. The smallest absolute Gasteiger partial charge is 0.223 e. The molecule has 2 atom stereocenters. The predicted molar refractivity (Wildman–Crippen MR) is 80.5 cm³/mol. The average Bonchev–Trinajstić information content (AvgIpc) is 2.45. The first-order chi connectivity index (χ1) is 9.65. The van der Waals surface area contributed by atoms with Crippen molar-refractivity contribution < 1.29 is 9.53 Å². The van der Waals surface area contributed by atoms with Crippen molar-refractivity contribution >= 4 is 5.91 Å². The van der Waals surface area contributed by atoms with Crippen molar-refractivity contribution in [3.05, 3.63) is 12.2 Å². The van der Waals surface area contributed by atoms with E-state index in [0.717, 1.165) is 45.5 Å². The summed E-state index contributed by atoms with van der Waals surface area (Å²) in [6.45, 7) is 8.96. The summed E-state index contributed by atoms with van der Waals surface area (Å²) in [5.41, 5.74) is 0. The molecule has 0 bridgehead atoms. The van der Waals surface area contributed by atoms with Crippen LogP contribution in [0.25, 0.3) is 0 Å². The third-order valence-electron chi connectivity index (χ3n) is 3.99. The second-order valence-electron chi connectivity index (χ2n) is 6.37. The lowest BCUT2D eigenvalue weighted by atomic mass is 9.93. The van der Waals surface area contributed by atoms with E-state index in [0.29, 0.717) is 12.5 Å². The van der Waals surface area contributed by atoms with Gasteiger partial charge in [-0.3, -0.25) is 9.69 Å². The number of hydrogen-bond donors (Lipinski definition) is 1. The summed E-state index contributed by atoms with van der Waals surface area (Å²) in [4.78, 5) is 14.5. The molecule has 0 unspecified atom stereocenters. The standard InChI is InChI=1S/C16H28N2O2/c1-13(2)11-18-8-9-20-15(12-18)10-17-16(19)14-6-4-3-5-7-14/h3-4,13-15H,5-12H2,1-2H3,(H,17,19)/t14-,15+/m1/s1. The van der Waals surface area contributed by atoms with Crippen molar-refractivity contribution in [2.45, 2.75) is 39.2 Å². The predicted octanol–water partition coefficient (Wildman–Crippen LogP) is 1.82. The van der Waals surface area contributed by atoms with Gasteiger partial charge in [-0.05, 0) is 25.2 Å². The number of amides is 1. The molecule has 0 radical (unpaired) electrons. The fraction of sp³-hybridized carbons (Fsp3) is 0.812. The number of rotatable bonds is 5. The molecular formula is C16H28N2O2. The molecule has 1 amide bonds. The Balaban J connectivity index is 1.70. The van der Waals surface area contributed by atoms with Gasteiger partial charge in [-0.15, -0.1) is 0 Å². The van der Waals surface area contributed by atoms with Gasteiger partial charge in [-0.1, -0.05) is 26.0 Å². The van der Waals surface area contributed by atoms with Crippen LogP contribution in [-0.4, -0.2) is 49.7 Å². The van der Waals surface area contributed by atoms with Gasteiger partial charge in [0.15, 0.2) is 0 Å². The zero-order chi connectivity index (χ0) is 14.4. The van der Waals surface area contributed by atoms with Gasteiger partial charge in [0.2, 0.25) is 5.91 Å². The van der Waals surface area contributed by atoms with Crippen LogP contribution in [-0.2, 0) is 9.53 Å². The zero-order valence-electron chi connectivity index (χ0n) is 12.8. The first-order valence-electron chi connectivity index (χ1n) is 7.92. The van der Waals surface area contributed by atoms with Crippen molar-refractivity contribution in [3.8, 4) is 0 Å². The van der Waals surface area contributed by atoms with Gasteiger partial charge < -0.3 is 10.1 Å². The van der Waals surface area contributed by atoms with Crippen LogP contribution >= 0.6 is 0 Å².